The molecular formula is C31H33N5O7. The van der Waals surface area contributed by atoms with Gasteiger partial charge in [-0.05, 0) is 80.4 Å². The molecule has 5 rings (SSSR count). The van der Waals surface area contributed by atoms with E-state index in [1.54, 1.807) is 24.3 Å². The molecule has 3 aromatic carbocycles. The van der Waals surface area contributed by atoms with Gasteiger partial charge in [0.05, 0.1) is 17.6 Å². The van der Waals surface area contributed by atoms with Crippen LogP contribution < -0.4 is 15.8 Å². The van der Waals surface area contributed by atoms with Crippen molar-refractivity contribution in [3.8, 4) is 5.75 Å². The number of aromatic nitrogens is 2. The van der Waals surface area contributed by atoms with E-state index < -0.39 is 17.8 Å². The van der Waals surface area contributed by atoms with E-state index in [1.807, 2.05) is 48.5 Å². The number of carbonyl (C=O) groups is 4. The van der Waals surface area contributed by atoms with Crippen molar-refractivity contribution in [1.82, 2.24) is 14.5 Å². The van der Waals surface area contributed by atoms with Gasteiger partial charge in [-0.25, -0.2) is 14.6 Å². The number of rotatable bonds is 9. The summed E-state index contributed by atoms with van der Waals surface area (Å²) < 4.78 is 8.31. The Kier molecular flexibility index (Phi) is 10.4. The molecule has 1 aromatic heterocycles. The number of piperidine rings is 1. The van der Waals surface area contributed by atoms with Crippen molar-refractivity contribution in [2.24, 2.45) is 11.7 Å². The summed E-state index contributed by atoms with van der Waals surface area (Å²) in [5.74, 6) is -1.95. The first-order valence-corrected chi connectivity index (χ1v) is 13.7. The lowest BCUT2D eigenvalue weighted by Crippen LogP contribution is -2.40. The van der Waals surface area contributed by atoms with Crippen LogP contribution in [0.2, 0.25) is 0 Å². The monoisotopic (exact) mass is 587 g/mol. The van der Waals surface area contributed by atoms with Crippen LogP contribution in [0.5, 0.6) is 5.75 Å². The number of nitrogens with two attached hydrogens (primary N) is 1. The van der Waals surface area contributed by atoms with Gasteiger partial charge in [-0.1, -0.05) is 30.3 Å². The lowest BCUT2D eigenvalue weighted by molar-refractivity contribution is -0.159. The molecule has 4 aromatic rings. The average Bonchev–Trinajstić information content (AvgIpc) is 3.35. The van der Waals surface area contributed by atoms with Crippen molar-refractivity contribution in [1.29, 1.82) is 0 Å². The second-order valence-electron chi connectivity index (χ2n) is 10.0. The van der Waals surface area contributed by atoms with Crippen molar-refractivity contribution in [2.75, 3.05) is 25.0 Å². The fourth-order valence-electron chi connectivity index (χ4n) is 4.81. The van der Waals surface area contributed by atoms with E-state index in [2.05, 4.69) is 20.9 Å². The maximum atomic E-state index is 12.5. The van der Waals surface area contributed by atoms with E-state index in [-0.39, 0.29) is 5.91 Å². The molecule has 0 unspecified atom stereocenters. The highest BCUT2D eigenvalue weighted by molar-refractivity contribution is 6.27. The number of aliphatic carboxylic acids is 2. The molecule has 12 heteroatoms. The number of para-hydroxylation sites is 3. The minimum absolute atomic E-state index is 0.0637. The first kappa shape index (κ1) is 30.7. The zero-order valence-electron chi connectivity index (χ0n) is 23.4. The molecule has 5 N–H and O–H groups in total. The van der Waals surface area contributed by atoms with Crippen LogP contribution in [-0.2, 0) is 27.5 Å². The highest BCUT2D eigenvalue weighted by Crippen LogP contribution is 2.24. The molecule has 0 saturated carbocycles. The Morgan fingerprint density at radius 1 is 0.884 bits per heavy atom. The third kappa shape index (κ3) is 8.88. The first-order valence-electron chi connectivity index (χ1n) is 13.7. The molecule has 0 radical (unpaired) electrons. The Morgan fingerprint density at radius 3 is 2.14 bits per heavy atom. The summed E-state index contributed by atoms with van der Waals surface area (Å²) in [5.41, 5.74) is 8.45. The number of amides is 2. The number of fused-ring (bicyclic) bond motifs is 1. The molecule has 0 atom stereocenters. The summed E-state index contributed by atoms with van der Waals surface area (Å²) in [6, 6.07) is 24.6. The number of nitrogens with zero attached hydrogens (tertiary/aromatic N) is 3. The van der Waals surface area contributed by atoms with Crippen LogP contribution in [0.25, 0.3) is 11.0 Å². The number of benzene rings is 3. The molecule has 43 heavy (non-hydrogen) atoms. The normalized spacial score (nSPS) is 13.5. The summed E-state index contributed by atoms with van der Waals surface area (Å²) in [4.78, 5) is 49.0. The summed E-state index contributed by atoms with van der Waals surface area (Å²) >= 11 is 0. The molecular weight excluding hydrogens is 554 g/mol. The fourth-order valence-corrected chi connectivity index (χ4v) is 4.81. The Labute approximate surface area is 247 Å². The summed E-state index contributed by atoms with van der Waals surface area (Å²) in [6.07, 6.45) is 2.01. The third-order valence-corrected chi connectivity index (χ3v) is 7.00. The van der Waals surface area contributed by atoms with Gasteiger partial charge in [0.25, 0.3) is 0 Å². The third-order valence-electron chi connectivity index (χ3n) is 7.00. The van der Waals surface area contributed by atoms with E-state index in [0.717, 1.165) is 55.1 Å². The van der Waals surface area contributed by atoms with Crippen LogP contribution >= 0.6 is 0 Å². The number of hydrogen-bond donors (Lipinski definition) is 4. The van der Waals surface area contributed by atoms with Gasteiger partial charge in [-0.2, -0.15) is 0 Å². The van der Waals surface area contributed by atoms with Crippen LogP contribution in [0, 0.1) is 5.92 Å². The number of hydrogen-bond acceptors (Lipinski definition) is 7. The van der Waals surface area contributed by atoms with Gasteiger partial charge in [-0.3, -0.25) is 14.5 Å². The molecule has 224 valence electrons. The number of imidazole rings is 1. The molecule has 2 amide bonds. The van der Waals surface area contributed by atoms with E-state index in [4.69, 9.17) is 35.3 Å². The topological polar surface area (TPSA) is 177 Å². The quantitative estimate of drug-likeness (QED) is 0.214. The van der Waals surface area contributed by atoms with Crippen LogP contribution in [0.1, 0.15) is 29.0 Å². The van der Waals surface area contributed by atoms with Crippen molar-refractivity contribution in [2.45, 2.75) is 26.0 Å². The highest BCUT2D eigenvalue weighted by atomic mass is 16.5. The lowest BCUT2D eigenvalue weighted by atomic mass is 9.96. The summed E-state index contributed by atoms with van der Waals surface area (Å²) in [6.45, 7) is 3.36. The predicted molar refractivity (Wildman–Crippen MR) is 159 cm³/mol. The van der Waals surface area contributed by atoms with Crippen molar-refractivity contribution in [3.63, 3.8) is 0 Å². The Hall–Kier alpha value is -5.23. The minimum Gasteiger partial charge on any atom is -0.486 e. The van der Waals surface area contributed by atoms with E-state index in [9.17, 15) is 9.59 Å². The van der Waals surface area contributed by atoms with Gasteiger partial charge in [0.2, 0.25) is 11.8 Å². The molecule has 0 aliphatic carbocycles. The van der Waals surface area contributed by atoms with Gasteiger partial charge in [0.15, 0.2) is 0 Å². The standard InChI is InChI=1S/C29H31N5O3.C2H2O4/c30-29(36)22-10-12-23(13-11-22)31-28(35)19-33-16-14-21(15-17-33)18-34-26-9-5-4-8-25(26)32-27(34)20-37-24-6-2-1-3-7-24;3-1(4)2(5)6/h1-13,21H,14-20H2,(H2,30,36)(H,31,35);(H,3,4)(H,5,6). The smallest absolute Gasteiger partial charge is 0.414 e. The van der Waals surface area contributed by atoms with Crippen LogP contribution in [0.3, 0.4) is 0 Å². The van der Waals surface area contributed by atoms with Gasteiger partial charge in [0, 0.05) is 17.8 Å². The highest BCUT2D eigenvalue weighted by Gasteiger charge is 2.23. The van der Waals surface area contributed by atoms with Crippen LogP contribution in [-0.4, -0.2) is 68.1 Å². The Balaban J connectivity index is 0.000000641. The zero-order valence-corrected chi connectivity index (χ0v) is 23.4. The number of ether oxygens (including phenoxy) is 1. The maximum absolute atomic E-state index is 12.5. The molecule has 12 nitrogen and oxygen atoms in total. The summed E-state index contributed by atoms with van der Waals surface area (Å²) in [7, 11) is 0. The number of carboxylic acids is 2. The number of likely N-dealkylation sites (tertiary alicyclic amines) is 1. The molecule has 1 fully saturated rings. The summed E-state index contributed by atoms with van der Waals surface area (Å²) in [5, 5.41) is 17.7. The van der Waals surface area contributed by atoms with Crippen molar-refractivity contribution in [3.05, 3.63) is 90.3 Å². The number of carboxylic acid groups (broad SMARTS) is 2. The fraction of sp³-hybridized carbons (Fsp3) is 0.258. The van der Waals surface area contributed by atoms with Crippen molar-refractivity contribution >= 4 is 40.5 Å². The average molecular weight is 588 g/mol. The molecule has 1 saturated heterocycles. The Morgan fingerprint density at radius 2 is 1.51 bits per heavy atom. The van der Waals surface area contributed by atoms with Gasteiger partial charge in [-0.15, -0.1) is 0 Å². The molecule has 1 aliphatic heterocycles. The number of anilines is 1. The number of nitrogens with one attached hydrogen (secondary N) is 1. The zero-order chi connectivity index (χ0) is 30.8. The van der Waals surface area contributed by atoms with E-state index in [1.165, 1.54) is 0 Å². The SMILES string of the molecule is NC(=O)c1ccc(NC(=O)CN2CCC(Cn3c(COc4ccccc4)nc4ccccc43)CC2)cc1.O=C(O)C(=O)O. The Bertz CT molecular complexity index is 1550. The number of carbonyl (C=O) groups excluding carboxylic acids is 2. The molecule has 2 heterocycles. The number of primary amides is 1. The molecule has 1 aliphatic rings. The second kappa shape index (κ2) is 14.6. The molecule has 0 bridgehead atoms. The predicted octanol–water partition coefficient (Wildman–Crippen LogP) is 3.22. The lowest BCUT2D eigenvalue weighted by Gasteiger charge is -2.32. The first-order chi connectivity index (χ1) is 20.7. The van der Waals surface area contributed by atoms with E-state index >= 15 is 0 Å². The largest absolute Gasteiger partial charge is 0.486 e. The van der Waals surface area contributed by atoms with Gasteiger partial charge in [0.1, 0.15) is 18.2 Å². The van der Waals surface area contributed by atoms with Gasteiger partial charge < -0.3 is 30.6 Å². The van der Waals surface area contributed by atoms with Crippen LogP contribution in [0.4, 0.5) is 5.69 Å². The van der Waals surface area contributed by atoms with Crippen molar-refractivity contribution < 1.29 is 34.1 Å². The van der Waals surface area contributed by atoms with E-state index in [0.29, 0.717) is 30.3 Å². The minimum atomic E-state index is -1.82. The second-order valence-corrected chi connectivity index (χ2v) is 10.0. The maximum Gasteiger partial charge on any atom is 0.414 e. The van der Waals surface area contributed by atoms with Crippen LogP contribution in [0.15, 0.2) is 78.9 Å². The van der Waals surface area contributed by atoms with Gasteiger partial charge >= 0.3 is 11.9 Å². The molecule has 0 spiro atoms.